The lowest BCUT2D eigenvalue weighted by atomic mass is 10.1. The first-order valence-corrected chi connectivity index (χ1v) is 7.90. The Labute approximate surface area is 132 Å². The van der Waals surface area contributed by atoms with Crippen molar-refractivity contribution in [1.29, 1.82) is 0 Å². The molecule has 0 aliphatic rings. The number of rotatable bonds is 12. The zero-order valence-electron chi connectivity index (χ0n) is 13.3. The normalized spacial score (nSPS) is 10.2. The number of benzene rings is 1. The van der Waals surface area contributed by atoms with Gasteiger partial charge in [0.2, 0.25) is 0 Å². The molecule has 0 amide bonds. The van der Waals surface area contributed by atoms with Crippen molar-refractivity contribution in [3.05, 3.63) is 30.3 Å². The van der Waals surface area contributed by atoms with Crippen molar-refractivity contribution in [3.8, 4) is 11.5 Å². The standard InChI is InChI=1S/C18H26O4/c1-3-5-6-7-8-9-10-21-16-11-15(4-2)12-17(13-16)22-14-18(19)20/h4,11-13H,2-3,5-10,14H2,1H3,(H,19,20). The highest BCUT2D eigenvalue weighted by atomic mass is 16.5. The molecule has 0 heterocycles. The summed E-state index contributed by atoms with van der Waals surface area (Å²) in [5.41, 5.74) is 0.848. The number of aliphatic carboxylic acids is 1. The maximum atomic E-state index is 10.6. The molecular formula is C18H26O4. The molecule has 0 aliphatic heterocycles. The predicted molar refractivity (Wildman–Crippen MR) is 88.5 cm³/mol. The fourth-order valence-corrected chi connectivity index (χ4v) is 2.10. The third kappa shape index (κ3) is 7.72. The first-order chi connectivity index (χ1) is 10.7. The first kappa shape index (κ1) is 18.1. The Bertz CT molecular complexity index is 468. The van der Waals surface area contributed by atoms with Crippen LogP contribution in [0, 0.1) is 0 Å². The molecule has 0 spiro atoms. The highest BCUT2D eigenvalue weighted by molar-refractivity contribution is 5.68. The van der Waals surface area contributed by atoms with Gasteiger partial charge >= 0.3 is 5.97 Å². The summed E-state index contributed by atoms with van der Waals surface area (Å²) in [6.07, 6.45) is 8.96. The molecule has 1 aromatic carbocycles. The van der Waals surface area contributed by atoms with E-state index in [0.29, 0.717) is 18.1 Å². The zero-order chi connectivity index (χ0) is 16.2. The minimum atomic E-state index is -1.00. The number of carboxylic acids is 1. The summed E-state index contributed by atoms with van der Waals surface area (Å²) in [4.78, 5) is 10.6. The molecule has 0 aliphatic carbocycles. The maximum absolute atomic E-state index is 10.6. The smallest absolute Gasteiger partial charge is 0.341 e. The van der Waals surface area contributed by atoms with Gasteiger partial charge in [-0.15, -0.1) is 0 Å². The number of ether oxygens (including phenoxy) is 2. The van der Waals surface area contributed by atoms with Crippen molar-refractivity contribution in [2.75, 3.05) is 13.2 Å². The monoisotopic (exact) mass is 306 g/mol. The average Bonchev–Trinajstić information content (AvgIpc) is 2.52. The summed E-state index contributed by atoms with van der Waals surface area (Å²) in [5, 5.41) is 8.66. The Morgan fingerprint density at radius 1 is 1.09 bits per heavy atom. The van der Waals surface area contributed by atoms with Gasteiger partial charge in [-0.3, -0.25) is 0 Å². The van der Waals surface area contributed by atoms with Crippen LogP contribution in [0.15, 0.2) is 24.8 Å². The number of carboxylic acid groups (broad SMARTS) is 1. The van der Waals surface area contributed by atoms with Gasteiger partial charge in [-0.2, -0.15) is 0 Å². The van der Waals surface area contributed by atoms with Crippen LogP contribution in [0.2, 0.25) is 0 Å². The quantitative estimate of drug-likeness (QED) is 0.576. The summed E-state index contributed by atoms with van der Waals surface area (Å²) < 4.78 is 10.9. The van der Waals surface area contributed by atoms with Crippen LogP contribution in [-0.2, 0) is 4.79 Å². The fourth-order valence-electron chi connectivity index (χ4n) is 2.10. The second-order valence-corrected chi connectivity index (χ2v) is 5.24. The second-order valence-electron chi connectivity index (χ2n) is 5.24. The summed E-state index contributed by atoms with van der Waals surface area (Å²) in [7, 11) is 0. The van der Waals surface area contributed by atoms with Crippen LogP contribution < -0.4 is 9.47 Å². The molecule has 4 heteroatoms. The number of hydrogen-bond donors (Lipinski definition) is 1. The summed E-state index contributed by atoms with van der Waals surface area (Å²) in [6, 6.07) is 5.33. The Balaban J connectivity index is 2.42. The molecule has 1 aromatic rings. The van der Waals surface area contributed by atoms with E-state index in [0.717, 1.165) is 12.0 Å². The lowest BCUT2D eigenvalue weighted by Gasteiger charge is -2.10. The van der Waals surface area contributed by atoms with Crippen LogP contribution in [0.4, 0.5) is 0 Å². The highest BCUT2D eigenvalue weighted by Gasteiger charge is 2.04. The summed E-state index contributed by atoms with van der Waals surface area (Å²) in [5.74, 6) is 0.169. The Hall–Kier alpha value is -1.97. The van der Waals surface area contributed by atoms with Gasteiger partial charge in [0.25, 0.3) is 0 Å². The maximum Gasteiger partial charge on any atom is 0.341 e. The van der Waals surface area contributed by atoms with Gasteiger partial charge in [-0.25, -0.2) is 4.79 Å². The van der Waals surface area contributed by atoms with Gasteiger partial charge in [-0.1, -0.05) is 51.7 Å². The van der Waals surface area contributed by atoms with Crippen molar-refractivity contribution >= 4 is 12.0 Å². The van der Waals surface area contributed by atoms with E-state index >= 15 is 0 Å². The Kier molecular flexibility index (Phi) is 8.80. The van der Waals surface area contributed by atoms with Gasteiger partial charge in [0, 0.05) is 6.07 Å². The van der Waals surface area contributed by atoms with Crippen molar-refractivity contribution in [2.24, 2.45) is 0 Å². The van der Waals surface area contributed by atoms with E-state index in [-0.39, 0.29) is 6.61 Å². The van der Waals surface area contributed by atoms with E-state index in [1.165, 1.54) is 32.1 Å². The number of unbranched alkanes of at least 4 members (excludes halogenated alkanes) is 5. The summed E-state index contributed by atoms with van der Waals surface area (Å²) >= 11 is 0. The van der Waals surface area contributed by atoms with Crippen LogP contribution in [0.1, 0.15) is 51.0 Å². The van der Waals surface area contributed by atoms with E-state index in [4.69, 9.17) is 14.6 Å². The van der Waals surface area contributed by atoms with Crippen LogP contribution >= 0.6 is 0 Å². The topological polar surface area (TPSA) is 55.8 Å². The van der Waals surface area contributed by atoms with Gasteiger partial charge < -0.3 is 14.6 Å². The molecule has 0 atom stereocenters. The zero-order valence-corrected chi connectivity index (χ0v) is 13.3. The first-order valence-electron chi connectivity index (χ1n) is 7.90. The fraction of sp³-hybridized carbons (Fsp3) is 0.500. The average molecular weight is 306 g/mol. The minimum absolute atomic E-state index is 0.364. The lowest BCUT2D eigenvalue weighted by Crippen LogP contribution is -2.09. The predicted octanol–water partition coefficient (Wildman–Crippen LogP) is 4.53. The third-order valence-corrected chi connectivity index (χ3v) is 3.27. The molecule has 22 heavy (non-hydrogen) atoms. The molecule has 0 radical (unpaired) electrons. The van der Waals surface area contributed by atoms with Gasteiger partial charge in [0.1, 0.15) is 11.5 Å². The lowest BCUT2D eigenvalue weighted by molar-refractivity contribution is -0.139. The van der Waals surface area contributed by atoms with Crippen LogP contribution in [0.25, 0.3) is 6.08 Å². The molecule has 0 unspecified atom stereocenters. The van der Waals surface area contributed by atoms with Gasteiger partial charge in [-0.05, 0) is 24.1 Å². The van der Waals surface area contributed by atoms with Crippen molar-refractivity contribution in [2.45, 2.75) is 45.4 Å². The van der Waals surface area contributed by atoms with Gasteiger partial charge in [0.05, 0.1) is 6.61 Å². The van der Waals surface area contributed by atoms with E-state index < -0.39 is 5.97 Å². The highest BCUT2D eigenvalue weighted by Crippen LogP contribution is 2.24. The van der Waals surface area contributed by atoms with Crippen LogP contribution in [-0.4, -0.2) is 24.3 Å². The second kappa shape index (κ2) is 10.7. The van der Waals surface area contributed by atoms with Crippen molar-refractivity contribution in [1.82, 2.24) is 0 Å². The number of hydrogen-bond acceptors (Lipinski definition) is 3. The van der Waals surface area contributed by atoms with E-state index in [1.54, 1.807) is 18.2 Å². The van der Waals surface area contributed by atoms with Gasteiger partial charge in [0.15, 0.2) is 6.61 Å². The SMILES string of the molecule is C=Cc1cc(OCCCCCCCC)cc(OCC(=O)O)c1. The molecule has 0 saturated heterocycles. The van der Waals surface area contributed by atoms with Crippen molar-refractivity contribution < 1.29 is 19.4 Å². The minimum Gasteiger partial charge on any atom is -0.493 e. The molecular weight excluding hydrogens is 280 g/mol. The molecule has 0 bridgehead atoms. The third-order valence-electron chi connectivity index (χ3n) is 3.27. The largest absolute Gasteiger partial charge is 0.493 e. The van der Waals surface area contributed by atoms with Crippen LogP contribution in [0.5, 0.6) is 11.5 Å². The molecule has 122 valence electrons. The molecule has 1 rings (SSSR count). The van der Waals surface area contributed by atoms with Crippen LogP contribution in [0.3, 0.4) is 0 Å². The molecule has 1 N–H and O–H groups in total. The van der Waals surface area contributed by atoms with E-state index in [1.807, 2.05) is 6.07 Å². The van der Waals surface area contributed by atoms with E-state index in [2.05, 4.69) is 13.5 Å². The van der Waals surface area contributed by atoms with E-state index in [9.17, 15) is 4.79 Å². The number of carbonyl (C=O) groups is 1. The molecule has 0 saturated carbocycles. The van der Waals surface area contributed by atoms with Crippen molar-refractivity contribution in [3.63, 3.8) is 0 Å². The molecule has 4 nitrogen and oxygen atoms in total. The summed E-state index contributed by atoms with van der Waals surface area (Å²) in [6.45, 7) is 6.22. The molecule has 0 fully saturated rings. The Morgan fingerprint density at radius 3 is 2.36 bits per heavy atom. The molecule has 0 aromatic heterocycles. The Morgan fingerprint density at radius 2 is 1.73 bits per heavy atom.